The maximum Gasteiger partial charge on any atom is 0.257 e. The van der Waals surface area contributed by atoms with Crippen LogP contribution in [0.25, 0.3) is 0 Å². The Labute approximate surface area is 148 Å². The monoisotopic (exact) mass is 359 g/mol. The molecule has 1 aliphatic rings. The number of rotatable bonds is 4. The first-order valence-electron chi connectivity index (χ1n) is 7.49. The van der Waals surface area contributed by atoms with E-state index in [1.807, 2.05) is 11.8 Å². The Hall–Kier alpha value is -2.81. The van der Waals surface area contributed by atoms with Gasteiger partial charge >= 0.3 is 0 Å². The molecule has 3 heterocycles. The maximum atomic E-state index is 12.3. The normalized spacial score (nSPS) is 17.2. The third-order valence-corrected chi connectivity index (χ3v) is 5.23. The molecule has 1 unspecified atom stereocenters. The lowest BCUT2D eigenvalue weighted by molar-refractivity contribution is -0.114. The molecule has 8 nitrogen and oxygen atoms in total. The molecule has 2 aromatic rings. The quantitative estimate of drug-likeness (QED) is 0.839. The highest BCUT2D eigenvalue weighted by Crippen LogP contribution is 2.44. The molecular formula is C16H17N5O3S. The number of aryl methyl sites for hydroxylation is 1. The third-order valence-electron chi connectivity index (χ3n) is 3.81. The number of allylic oxidation sites excluding steroid dienone is 1. The molecule has 2 aromatic heterocycles. The van der Waals surface area contributed by atoms with Crippen LogP contribution in [-0.2, 0) is 11.3 Å². The molecule has 0 saturated carbocycles. The number of hydrogen-bond donors (Lipinski definition) is 2. The van der Waals surface area contributed by atoms with E-state index < -0.39 is 11.4 Å². The van der Waals surface area contributed by atoms with E-state index in [9.17, 15) is 14.7 Å². The third kappa shape index (κ3) is 3.36. The van der Waals surface area contributed by atoms with Crippen molar-refractivity contribution in [3.8, 4) is 5.75 Å². The Bertz CT molecular complexity index is 907. The van der Waals surface area contributed by atoms with E-state index in [1.165, 1.54) is 28.6 Å². The number of amides is 1. The van der Waals surface area contributed by atoms with Gasteiger partial charge in [-0.2, -0.15) is 0 Å². The van der Waals surface area contributed by atoms with Gasteiger partial charge < -0.3 is 15.7 Å². The number of hydrogen-bond acceptors (Lipinski definition) is 7. The number of nitrogens with zero attached hydrogens (tertiary/aromatic N) is 4. The largest absolute Gasteiger partial charge is 0.508 e. The van der Waals surface area contributed by atoms with Gasteiger partial charge in [0.25, 0.3) is 11.5 Å². The van der Waals surface area contributed by atoms with Crippen LogP contribution in [0.15, 0.2) is 46.1 Å². The highest BCUT2D eigenvalue weighted by molar-refractivity contribution is 8.04. The van der Waals surface area contributed by atoms with Crippen molar-refractivity contribution in [2.75, 3.05) is 0 Å². The number of aromatic hydroxyl groups is 1. The summed E-state index contributed by atoms with van der Waals surface area (Å²) >= 11 is 1.19. The first-order valence-corrected chi connectivity index (χ1v) is 8.37. The fraction of sp³-hybridized carbons (Fsp3) is 0.250. The fourth-order valence-electron chi connectivity index (χ4n) is 2.53. The first-order chi connectivity index (χ1) is 11.9. The summed E-state index contributed by atoms with van der Waals surface area (Å²) in [6.45, 7) is 3.98. The molecule has 0 saturated heterocycles. The minimum Gasteiger partial charge on any atom is -0.508 e. The van der Waals surface area contributed by atoms with Crippen molar-refractivity contribution in [1.82, 2.24) is 19.4 Å². The Kier molecular flexibility index (Phi) is 4.49. The van der Waals surface area contributed by atoms with Crippen LogP contribution in [0.2, 0.25) is 0 Å². The van der Waals surface area contributed by atoms with E-state index in [0.717, 1.165) is 11.8 Å². The number of primary amides is 1. The minimum absolute atomic E-state index is 0.111. The summed E-state index contributed by atoms with van der Waals surface area (Å²) in [5.41, 5.74) is 6.76. The Morgan fingerprint density at radius 1 is 1.36 bits per heavy atom. The predicted octanol–water partition coefficient (Wildman–Crippen LogP) is 1.07. The molecule has 25 heavy (non-hydrogen) atoms. The Balaban J connectivity index is 2.00. The van der Waals surface area contributed by atoms with Gasteiger partial charge in [-0.05, 0) is 19.9 Å². The molecule has 0 spiro atoms. The number of thioether (sulfide) groups is 1. The maximum absolute atomic E-state index is 12.3. The van der Waals surface area contributed by atoms with Gasteiger partial charge in [-0.3, -0.25) is 24.1 Å². The molecule has 9 heteroatoms. The van der Waals surface area contributed by atoms with Crippen LogP contribution in [0.4, 0.5) is 0 Å². The summed E-state index contributed by atoms with van der Waals surface area (Å²) < 4.78 is 1.44. The zero-order valence-electron chi connectivity index (χ0n) is 13.7. The van der Waals surface area contributed by atoms with Gasteiger partial charge in [0.15, 0.2) is 5.50 Å². The molecule has 0 aromatic carbocycles. The summed E-state index contributed by atoms with van der Waals surface area (Å²) in [6.07, 6.45) is 4.81. The molecule has 0 radical (unpaired) electrons. The molecule has 0 fully saturated rings. The lowest BCUT2D eigenvalue weighted by Gasteiger charge is -2.28. The molecule has 1 aliphatic heterocycles. The van der Waals surface area contributed by atoms with E-state index in [1.54, 1.807) is 19.3 Å². The number of carbonyl (C=O) groups excluding carboxylic acids is 1. The summed E-state index contributed by atoms with van der Waals surface area (Å²) in [7, 11) is 0. The molecule has 1 amide bonds. The van der Waals surface area contributed by atoms with Crippen molar-refractivity contribution >= 4 is 17.7 Å². The summed E-state index contributed by atoms with van der Waals surface area (Å²) in [5.74, 6) is -0.656. The van der Waals surface area contributed by atoms with Crippen molar-refractivity contribution in [2.45, 2.75) is 25.9 Å². The molecule has 3 N–H and O–H groups in total. The first kappa shape index (κ1) is 17.0. The topological polar surface area (TPSA) is 114 Å². The zero-order valence-corrected chi connectivity index (χ0v) is 14.5. The van der Waals surface area contributed by atoms with Crippen molar-refractivity contribution in [3.05, 3.63) is 63.1 Å². The van der Waals surface area contributed by atoms with Gasteiger partial charge in [-0.1, -0.05) is 11.8 Å². The zero-order chi connectivity index (χ0) is 18.1. The second-order valence-electron chi connectivity index (χ2n) is 5.63. The molecule has 0 aliphatic carbocycles. The molecule has 0 bridgehead atoms. The van der Waals surface area contributed by atoms with Crippen LogP contribution in [-0.4, -0.2) is 30.4 Å². The summed E-state index contributed by atoms with van der Waals surface area (Å²) in [6, 6.07) is 2.55. The van der Waals surface area contributed by atoms with Crippen LogP contribution < -0.4 is 11.3 Å². The molecular weight excluding hydrogens is 342 g/mol. The average molecular weight is 359 g/mol. The van der Waals surface area contributed by atoms with Crippen LogP contribution in [0, 0.1) is 6.92 Å². The van der Waals surface area contributed by atoms with Gasteiger partial charge in [0.2, 0.25) is 0 Å². The van der Waals surface area contributed by atoms with Gasteiger partial charge in [0.05, 0.1) is 29.0 Å². The lowest BCUT2D eigenvalue weighted by atomic mass is 10.3. The SMILES string of the molecule is CC1=C(C(N)=O)SC(n2ccc(O)cc2=O)N1Cc1cnc(C)cn1. The van der Waals surface area contributed by atoms with Gasteiger partial charge in [0.1, 0.15) is 5.75 Å². The van der Waals surface area contributed by atoms with E-state index in [4.69, 9.17) is 5.73 Å². The summed E-state index contributed by atoms with van der Waals surface area (Å²) in [4.78, 5) is 34.8. The highest BCUT2D eigenvalue weighted by atomic mass is 32.2. The number of carbonyl (C=O) groups is 1. The van der Waals surface area contributed by atoms with Crippen LogP contribution in [0.5, 0.6) is 5.75 Å². The standard InChI is InChI=1S/C16H17N5O3S/c1-9-6-19-11(7-18-9)8-21-10(2)14(15(17)24)25-16(21)20-4-3-12(22)5-13(20)23/h3-7,16,22H,8H2,1-2H3,(H2,17,24). The van der Waals surface area contributed by atoms with E-state index >= 15 is 0 Å². The van der Waals surface area contributed by atoms with Crippen LogP contribution in [0.1, 0.15) is 23.8 Å². The Morgan fingerprint density at radius 3 is 2.72 bits per heavy atom. The molecule has 130 valence electrons. The number of nitrogens with two attached hydrogens (primary N) is 1. The van der Waals surface area contributed by atoms with Crippen molar-refractivity contribution in [3.63, 3.8) is 0 Å². The fourth-order valence-corrected chi connectivity index (χ4v) is 3.79. The van der Waals surface area contributed by atoms with Crippen LogP contribution >= 0.6 is 11.8 Å². The highest BCUT2D eigenvalue weighted by Gasteiger charge is 2.34. The van der Waals surface area contributed by atoms with Crippen molar-refractivity contribution in [2.24, 2.45) is 5.73 Å². The Morgan fingerprint density at radius 2 is 2.12 bits per heavy atom. The summed E-state index contributed by atoms with van der Waals surface area (Å²) in [5, 5.41) is 9.46. The van der Waals surface area contributed by atoms with Gasteiger partial charge in [-0.25, -0.2) is 0 Å². The van der Waals surface area contributed by atoms with Crippen molar-refractivity contribution in [1.29, 1.82) is 0 Å². The second kappa shape index (κ2) is 6.60. The molecule has 3 rings (SSSR count). The van der Waals surface area contributed by atoms with E-state index in [0.29, 0.717) is 22.8 Å². The van der Waals surface area contributed by atoms with Crippen LogP contribution in [0.3, 0.4) is 0 Å². The van der Waals surface area contributed by atoms with E-state index in [2.05, 4.69) is 9.97 Å². The van der Waals surface area contributed by atoms with E-state index in [-0.39, 0.29) is 11.3 Å². The van der Waals surface area contributed by atoms with Gasteiger partial charge in [0, 0.05) is 24.2 Å². The minimum atomic E-state index is -0.545. The number of aromatic nitrogens is 3. The van der Waals surface area contributed by atoms with Crippen molar-refractivity contribution < 1.29 is 9.90 Å². The second-order valence-corrected chi connectivity index (χ2v) is 6.70. The molecule has 1 atom stereocenters. The number of pyridine rings is 1. The lowest BCUT2D eigenvalue weighted by Crippen LogP contribution is -2.32. The average Bonchev–Trinajstić information content (AvgIpc) is 2.87. The predicted molar refractivity (Wildman–Crippen MR) is 93.2 cm³/mol. The van der Waals surface area contributed by atoms with Gasteiger partial charge in [-0.15, -0.1) is 0 Å². The smallest absolute Gasteiger partial charge is 0.257 e.